The molecule has 1 aromatic heterocycles. The van der Waals surface area contributed by atoms with Gasteiger partial charge in [-0.15, -0.1) is 0 Å². The lowest BCUT2D eigenvalue weighted by atomic mass is 10.3. The van der Waals surface area contributed by atoms with E-state index in [4.69, 9.17) is 5.73 Å². The van der Waals surface area contributed by atoms with Crippen LogP contribution in [0.5, 0.6) is 0 Å². The Labute approximate surface area is 114 Å². The summed E-state index contributed by atoms with van der Waals surface area (Å²) in [5, 5.41) is 3.86. The molecule has 9 heteroatoms. The number of nitrogens with one attached hydrogen (secondary N) is 1. The first-order valence-corrected chi connectivity index (χ1v) is 6.99. The molecular weight excluding hydrogens is 290 g/mol. The van der Waals surface area contributed by atoms with Gasteiger partial charge in [-0.1, -0.05) is 0 Å². The van der Waals surface area contributed by atoms with Gasteiger partial charge in [0.25, 0.3) is 0 Å². The molecule has 0 saturated heterocycles. The first-order chi connectivity index (χ1) is 9.29. The van der Waals surface area contributed by atoms with E-state index in [1.54, 1.807) is 13.2 Å². The maximum Gasteiger partial charge on any atom is 0.243 e. The lowest BCUT2D eigenvalue weighted by Crippen LogP contribution is -2.24. The van der Waals surface area contributed by atoms with Gasteiger partial charge in [0.1, 0.15) is 4.90 Å². The molecule has 0 aliphatic heterocycles. The van der Waals surface area contributed by atoms with Gasteiger partial charge in [0.15, 0.2) is 11.6 Å². The minimum Gasteiger partial charge on any atom is -0.399 e. The Bertz CT molecular complexity index is 743. The van der Waals surface area contributed by atoms with Gasteiger partial charge in [-0.3, -0.25) is 4.68 Å². The number of sulfonamides is 1. The summed E-state index contributed by atoms with van der Waals surface area (Å²) >= 11 is 0. The van der Waals surface area contributed by atoms with Gasteiger partial charge in [-0.2, -0.15) is 5.10 Å². The van der Waals surface area contributed by atoms with Crippen LogP contribution in [-0.4, -0.2) is 18.2 Å². The predicted octanol–water partition coefficient (Wildman–Crippen LogP) is 0.759. The number of nitrogens with zero attached hydrogens (tertiary/aromatic N) is 2. The summed E-state index contributed by atoms with van der Waals surface area (Å²) < 4.78 is 54.2. The highest BCUT2D eigenvalue weighted by atomic mass is 32.2. The summed E-state index contributed by atoms with van der Waals surface area (Å²) in [7, 11) is -2.54. The molecule has 2 rings (SSSR count). The summed E-state index contributed by atoms with van der Waals surface area (Å²) in [6.07, 6.45) is 3.05. The van der Waals surface area contributed by atoms with Gasteiger partial charge in [-0.05, 0) is 12.1 Å². The zero-order chi connectivity index (χ0) is 14.9. The van der Waals surface area contributed by atoms with Crippen molar-refractivity contribution in [2.24, 2.45) is 7.05 Å². The highest BCUT2D eigenvalue weighted by molar-refractivity contribution is 7.89. The second-order valence-electron chi connectivity index (χ2n) is 4.16. The van der Waals surface area contributed by atoms with Crippen molar-refractivity contribution in [3.8, 4) is 0 Å². The molecular formula is C11H12F2N4O2S. The number of aryl methyl sites for hydroxylation is 1. The Balaban J connectivity index is 2.27. The summed E-state index contributed by atoms with van der Waals surface area (Å²) in [6.45, 7) is -0.0912. The Morgan fingerprint density at radius 3 is 2.70 bits per heavy atom. The van der Waals surface area contributed by atoms with E-state index in [-0.39, 0.29) is 12.2 Å². The predicted molar refractivity (Wildman–Crippen MR) is 68.0 cm³/mol. The number of anilines is 1. The number of rotatable bonds is 4. The highest BCUT2D eigenvalue weighted by Crippen LogP contribution is 2.21. The van der Waals surface area contributed by atoms with Crippen LogP contribution >= 0.6 is 0 Å². The molecule has 3 N–H and O–H groups in total. The minimum atomic E-state index is -4.21. The molecule has 0 bridgehead atoms. The summed E-state index contributed by atoms with van der Waals surface area (Å²) in [5.41, 5.74) is 5.73. The van der Waals surface area contributed by atoms with Crippen LogP contribution in [0.1, 0.15) is 5.56 Å². The maximum atomic E-state index is 13.5. The van der Waals surface area contributed by atoms with Gasteiger partial charge >= 0.3 is 0 Å². The molecule has 0 saturated carbocycles. The van der Waals surface area contributed by atoms with E-state index in [1.807, 2.05) is 0 Å². The number of nitrogens with two attached hydrogens (primary N) is 1. The van der Waals surface area contributed by atoms with Crippen molar-refractivity contribution >= 4 is 15.7 Å². The fourth-order valence-electron chi connectivity index (χ4n) is 1.60. The van der Waals surface area contributed by atoms with Gasteiger partial charge in [-0.25, -0.2) is 21.9 Å². The maximum absolute atomic E-state index is 13.5. The Kier molecular flexibility index (Phi) is 3.73. The van der Waals surface area contributed by atoms with Crippen molar-refractivity contribution in [2.75, 3.05) is 5.73 Å². The molecule has 0 spiro atoms. The molecule has 0 amide bonds. The minimum absolute atomic E-state index is 0.0912. The standard InChI is InChI=1S/C11H12F2N4O2S/c1-17-6-7(4-15-17)5-16-20(18,19)10-3-8(14)2-9(12)11(10)13/h2-4,6,16H,5,14H2,1H3. The van der Waals surface area contributed by atoms with Crippen LogP contribution in [0, 0.1) is 11.6 Å². The second-order valence-corrected chi connectivity index (χ2v) is 5.90. The highest BCUT2D eigenvalue weighted by Gasteiger charge is 2.22. The van der Waals surface area contributed by atoms with Gasteiger partial charge < -0.3 is 5.73 Å². The normalized spacial score (nSPS) is 11.8. The lowest BCUT2D eigenvalue weighted by Gasteiger charge is -2.08. The first-order valence-electron chi connectivity index (χ1n) is 5.51. The molecule has 0 aliphatic rings. The molecule has 0 unspecified atom stereocenters. The second kappa shape index (κ2) is 5.17. The van der Waals surface area contributed by atoms with Gasteiger partial charge in [0.05, 0.1) is 6.20 Å². The third-order valence-corrected chi connectivity index (χ3v) is 3.93. The fourth-order valence-corrected chi connectivity index (χ4v) is 2.74. The number of halogens is 2. The number of hydrogen-bond donors (Lipinski definition) is 2. The number of hydrogen-bond acceptors (Lipinski definition) is 4. The first kappa shape index (κ1) is 14.4. The molecule has 0 fully saturated rings. The molecule has 108 valence electrons. The van der Waals surface area contributed by atoms with Crippen LogP contribution in [0.25, 0.3) is 0 Å². The van der Waals surface area contributed by atoms with Crippen molar-refractivity contribution in [3.05, 3.63) is 41.7 Å². The average molecular weight is 302 g/mol. The topological polar surface area (TPSA) is 90.0 Å². The van der Waals surface area contributed by atoms with E-state index in [1.165, 1.54) is 10.9 Å². The lowest BCUT2D eigenvalue weighted by molar-refractivity contribution is 0.484. The van der Waals surface area contributed by atoms with Crippen molar-refractivity contribution < 1.29 is 17.2 Å². The molecule has 0 radical (unpaired) electrons. The number of nitrogen functional groups attached to an aromatic ring is 1. The van der Waals surface area contributed by atoms with E-state index in [9.17, 15) is 17.2 Å². The molecule has 2 aromatic rings. The number of benzene rings is 1. The molecule has 6 nitrogen and oxygen atoms in total. The van der Waals surface area contributed by atoms with Crippen molar-refractivity contribution in [2.45, 2.75) is 11.4 Å². The van der Waals surface area contributed by atoms with Gasteiger partial charge in [0.2, 0.25) is 10.0 Å². The van der Waals surface area contributed by atoms with E-state index >= 15 is 0 Å². The summed E-state index contributed by atoms with van der Waals surface area (Å²) in [6, 6.07) is 1.58. The third kappa shape index (κ3) is 2.94. The monoisotopic (exact) mass is 302 g/mol. The Morgan fingerprint density at radius 1 is 1.40 bits per heavy atom. The van der Waals surface area contributed by atoms with E-state index in [2.05, 4.69) is 9.82 Å². The Hall–Kier alpha value is -2.00. The molecule has 0 aliphatic carbocycles. The van der Waals surface area contributed by atoms with E-state index in [0.717, 1.165) is 12.1 Å². The summed E-state index contributed by atoms with van der Waals surface area (Å²) in [4.78, 5) is -0.820. The molecule has 0 atom stereocenters. The summed E-state index contributed by atoms with van der Waals surface area (Å²) in [5.74, 6) is -2.77. The Morgan fingerprint density at radius 2 is 2.10 bits per heavy atom. The smallest absolute Gasteiger partial charge is 0.243 e. The average Bonchev–Trinajstić information content (AvgIpc) is 2.77. The largest absolute Gasteiger partial charge is 0.399 e. The van der Waals surface area contributed by atoms with Crippen molar-refractivity contribution in [1.29, 1.82) is 0 Å². The van der Waals surface area contributed by atoms with E-state index in [0.29, 0.717) is 5.56 Å². The molecule has 1 heterocycles. The third-order valence-electron chi connectivity index (χ3n) is 2.53. The van der Waals surface area contributed by atoms with Gasteiger partial charge in [0, 0.05) is 31.0 Å². The van der Waals surface area contributed by atoms with Crippen LogP contribution in [-0.2, 0) is 23.6 Å². The zero-order valence-corrected chi connectivity index (χ0v) is 11.3. The van der Waals surface area contributed by atoms with Crippen LogP contribution in [0.15, 0.2) is 29.4 Å². The van der Waals surface area contributed by atoms with Crippen molar-refractivity contribution in [3.63, 3.8) is 0 Å². The SMILES string of the molecule is Cn1cc(CNS(=O)(=O)c2cc(N)cc(F)c2F)cn1. The molecule has 1 aromatic carbocycles. The zero-order valence-electron chi connectivity index (χ0n) is 10.5. The number of aromatic nitrogens is 2. The van der Waals surface area contributed by atoms with E-state index < -0.39 is 26.6 Å². The van der Waals surface area contributed by atoms with Crippen LogP contribution < -0.4 is 10.5 Å². The molecule has 20 heavy (non-hydrogen) atoms. The van der Waals surface area contributed by atoms with Crippen LogP contribution in [0.2, 0.25) is 0 Å². The van der Waals surface area contributed by atoms with Crippen molar-refractivity contribution in [1.82, 2.24) is 14.5 Å². The van der Waals surface area contributed by atoms with Crippen LogP contribution in [0.4, 0.5) is 14.5 Å². The van der Waals surface area contributed by atoms with Crippen LogP contribution in [0.3, 0.4) is 0 Å². The fraction of sp³-hybridized carbons (Fsp3) is 0.182. The quantitative estimate of drug-likeness (QED) is 0.816.